The number of hydrogen-bond donors (Lipinski definition) is 3. The van der Waals surface area contributed by atoms with Crippen LogP contribution in [0.4, 0.5) is 0 Å². The first-order chi connectivity index (χ1) is 25.8. The van der Waals surface area contributed by atoms with E-state index in [9.17, 15) is 22.9 Å². The van der Waals surface area contributed by atoms with Crippen molar-refractivity contribution in [2.24, 2.45) is 0 Å². The SMILES string of the molecule is CC/C=C\C/C=C\C/C=C\C/C=C\C/C=C\CCCCCCCCCC(=O)NC(CS(=O)(=O)O)C(O)CCCCCCCCCCCCCCCCC. The molecule has 2 atom stereocenters. The summed E-state index contributed by atoms with van der Waals surface area (Å²) in [6.07, 6.45) is 54.5. The summed E-state index contributed by atoms with van der Waals surface area (Å²) in [6.45, 7) is 4.41. The third kappa shape index (κ3) is 41.1. The molecule has 0 aromatic carbocycles. The van der Waals surface area contributed by atoms with Gasteiger partial charge in [0.2, 0.25) is 5.91 Å². The molecule has 0 radical (unpaired) electrons. The van der Waals surface area contributed by atoms with Crippen molar-refractivity contribution >= 4 is 16.0 Å². The van der Waals surface area contributed by atoms with Crippen LogP contribution in [-0.4, -0.2) is 41.9 Å². The van der Waals surface area contributed by atoms with E-state index in [1.54, 1.807) is 0 Å². The van der Waals surface area contributed by atoms with Crippen LogP contribution in [0.2, 0.25) is 0 Å². The third-order valence-corrected chi connectivity index (χ3v) is 10.5. The lowest BCUT2D eigenvalue weighted by Crippen LogP contribution is -2.47. The van der Waals surface area contributed by atoms with Gasteiger partial charge in [-0.3, -0.25) is 9.35 Å². The number of carbonyl (C=O) groups excluding carboxylic acids is 1. The van der Waals surface area contributed by atoms with Crippen molar-refractivity contribution in [1.82, 2.24) is 5.32 Å². The Morgan fingerprint density at radius 1 is 0.528 bits per heavy atom. The Morgan fingerprint density at radius 3 is 1.34 bits per heavy atom. The van der Waals surface area contributed by atoms with Crippen molar-refractivity contribution in [3.8, 4) is 0 Å². The van der Waals surface area contributed by atoms with Crippen LogP contribution in [0.15, 0.2) is 60.8 Å². The fraction of sp³-hybridized carbons (Fsp3) is 0.761. The van der Waals surface area contributed by atoms with Gasteiger partial charge in [-0.25, -0.2) is 0 Å². The molecule has 0 aromatic rings. The minimum absolute atomic E-state index is 0.258. The van der Waals surface area contributed by atoms with Gasteiger partial charge >= 0.3 is 0 Å². The Bertz CT molecular complexity index is 1060. The van der Waals surface area contributed by atoms with Crippen molar-refractivity contribution in [2.75, 3.05) is 5.75 Å². The van der Waals surface area contributed by atoms with Crippen LogP contribution < -0.4 is 5.32 Å². The van der Waals surface area contributed by atoms with E-state index < -0.39 is 28.0 Å². The van der Waals surface area contributed by atoms with E-state index in [1.165, 1.54) is 96.3 Å². The Kier molecular flexibility index (Phi) is 38.3. The van der Waals surface area contributed by atoms with Crippen LogP contribution in [-0.2, 0) is 14.9 Å². The second kappa shape index (κ2) is 39.7. The van der Waals surface area contributed by atoms with Gasteiger partial charge < -0.3 is 10.4 Å². The number of aliphatic hydroxyl groups is 1. The first-order valence-corrected chi connectivity index (χ1v) is 23.6. The zero-order valence-electron chi connectivity index (χ0n) is 34.4. The molecular formula is C46H83NO5S. The van der Waals surface area contributed by atoms with Crippen LogP contribution in [0, 0.1) is 0 Å². The summed E-state index contributed by atoms with van der Waals surface area (Å²) in [5, 5.41) is 13.4. The lowest BCUT2D eigenvalue weighted by molar-refractivity contribution is -0.122. The first-order valence-electron chi connectivity index (χ1n) is 22.0. The molecule has 53 heavy (non-hydrogen) atoms. The fourth-order valence-corrected chi connectivity index (χ4v) is 7.24. The summed E-state index contributed by atoms with van der Waals surface area (Å²) >= 11 is 0. The third-order valence-electron chi connectivity index (χ3n) is 9.74. The summed E-state index contributed by atoms with van der Waals surface area (Å²) in [7, 11) is -4.32. The Hall–Kier alpha value is -1.96. The summed E-state index contributed by atoms with van der Waals surface area (Å²) in [5.41, 5.74) is 0. The lowest BCUT2D eigenvalue weighted by atomic mass is 10.0. The Morgan fingerprint density at radius 2 is 0.906 bits per heavy atom. The molecule has 0 heterocycles. The van der Waals surface area contributed by atoms with Gasteiger partial charge in [0.15, 0.2) is 0 Å². The normalized spacial score (nSPS) is 13.8. The number of amides is 1. The van der Waals surface area contributed by atoms with E-state index in [2.05, 4.69) is 79.9 Å². The number of allylic oxidation sites excluding steroid dienone is 10. The van der Waals surface area contributed by atoms with Crippen molar-refractivity contribution in [2.45, 2.75) is 219 Å². The molecule has 0 spiro atoms. The maximum absolute atomic E-state index is 12.6. The maximum Gasteiger partial charge on any atom is 0.266 e. The van der Waals surface area contributed by atoms with E-state index in [-0.39, 0.29) is 5.91 Å². The zero-order chi connectivity index (χ0) is 38.9. The smallest absolute Gasteiger partial charge is 0.266 e. The molecule has 6 nitrogen and oxygen atoms in total. The van der Waals surface area contributed by atoms with E-state index in [0.29, 0.717) is 12.8 Å². The van der Waals surface area contributed by atoms with Crippen LogP contribution in [0.1, 0.15) is 206 Å². The molecule has 0 saturated carbocycles. The summed E-state index contributed by atoms with van der Waals surface area (Å²) in [6, 6.07) is -0.980. The summed E-state index contributed by atoms with van der Waals surface area (Å²) < 4.78 is 32.6. The van der Waals surface area contributed by atoms with Gasteiger partial charge in [-0.2, -0.15) is 8.42 Å². The standard InChI is InChI=1S/C46H83NO5S/c1-3-5-7-9-11-13-15-17-19-20-21-22-23-24-25-26-28-30-32-34-36-38-40-42-46(49)47-44(43-53(50,51)52)45(48)41-39-37-35-33-31-29-27-18-16-14-12-10-8-6-4-2/h5,7,11,13,17,19,21-22,24-25,44-45,48H,3-4,6,8-10,12,14-16,18,20,23,26-43H2,1-2H3,(H,47,49)(H,50,51,52)/b7-5-,13-11-,19-17-,22-21-,25-24-. The second-order valence-corrected chi connectivity index (χ2v) is 16.4. The molecule has 0 aromatic heterocycles. The van der Waals surface area contributed by atoms with Crippen molar-refractivity contribution in [3.63, 3.8) is 0 Å². The maximum atomic E-state index is 12.6. The number of nitrogens with one attached hydrogen (secondary N) is 1. The number of hydrogen-bond acceptors (Lipinski definition) is 4. The number of carbonyl (C=O) groups is 1. The van der Waals surface area contributed by atoms with E-state index in [4.69, 9.17) is 0 Å². The summed E-state index contributed by atoms with van der Waals surface area (Å²) in [5.74, 6) is -0.913. The van der Waals surface area contributed by atoms with Crippen molar-refractivity contribution in [3.05, 3.63) is 60.8 Å². The topological polar surface area (TPSA) is 104 Å². The van der Waals surface area contributed by atoms with Crippen LogP contribution in [0.25, 0.3) is 0 Å². The average Bonchev–Trinajstić information content (AvgIpc) is 3.12. The Balaban J connectivity index is 3.87. The monoisotopic (exact) mass is 762 g/mol. The van der Waals surface area contributed by atoms with E-state index in [1.807, 2.05) is 0 Å². The van der Waals surface area contributed by atoms with Gasteiger partial charge in [0.1, 0.15) is 0 Å². The Labute approximate surface area is 328 Å². The number of aliphatic hydroxyl groups excluding tert-OH is 1. The summed E-state index contributed by atoms with van der Waals surface area (Å²) in [4.78, 5) is 12.6. The van der Waals surface area contributed by atoms with Crippen LogP contribution >= 0.6 is 0 Å². The molecular weight excluding hydrogens is 679 g/mol. The minimum atomic E-state index is -4.32. The molecule has 0 saturated heterocycles. The van der Waals surface area contributed by atoms with Crippen molar-refractivity contribution in [1.29, 1.82) is 0 Å². The molecule has 0 fully saturated rings. The van der Waals surface area contributed by atoms with Gasteiger partial charge in [0.25, 0.3) is 10.1 Å². The van der Waals surface area contributed by atoms with Crippen LogP contribution in [0.5, 0.6) is 0 Å². The first kappa shape index (κ1) is 51.0. The highest BCUT2D eigenvalue weighted by molar-refractivity contribution is 7.85. The molecule has 2 unspecified atom stereocenters. The minimum Gasteiger partial charge on any atom is -0.391 e. The van der Waals surface area contributed by atoms with Gasteiger partial charge in [-0.15, -0.1) is 0 Å². The number of rotatable bonds is 39. The molecule has 0 aliphatic heterocycles. The van der Waals surface area contributed by atoms with E-state index >= 15 is 0 Å². The molecule has 308 valence electrons. The van der Waals surface area contributed by atoms with Gasteiger partial charge in [0, 0.05) is 6.42 Å². The highest BCUT2D eigenvalue weighted by Gasteiger charge is 2.26. The molecule has 0 bridgehead atoms. The number of unbranched alkanes of at least 4 members (excludes halogenated alkanes) is 21. The average molecular weight is 762 g/mol. The molecule has 0 aliphatic rings. The van der Waals surface area contributed by atoms with Gasteiger partial charge in [0.05, 0.1) is 17.9 Å². The van der Waals surface area contributed by atoms with Gasteiger partial charge in [-0.05, 0) is 57.8 Å². The molecule has 3 N–H and O–H groups in total. The fourth-order valence-electron chi connectivity index (χ4n) is 6.48. The van der Waals surface area contributed by atoms with Gasteiger partial charge in [-0.1, -0.05) is 203 Å². The van der Waals surface area contributed by atoms with Crippen LogP contribution in [0.3, 0.4) is 0 Å². The predicted octanol–water partition coefficient (Wildman–Crippen LogP) is 13.2. The lowest BCUT2D eigenvalue weighted by Gasteiger charge is -2.23. The van der Waals surface area contributed by atoms with Crippen molar-refractivity contribution < 1.29 is 22.9 Å². The van der Waals surface area contributed by atoms with E-state index in [0.717, 1.165) is 83.5 Å². The highest BCUT2D eigenvalue weighted by Crippen LogP contribution is 2.16. The second-order valence-electron chi connectivity index (χ2n) is 14.9. The molecule has 0 rings (SSSR count). The quantitative estimate of drug-likeness (QED) is 0.0329. The predicted molar refractivity (Wildman–Crippen MR) is 230 cm³/mol. The molecule has 7 heteroatoms. The molecule has 0 aliphatic carbocycles. The largest absolute Gasteiger partial charge is 0.391 e. The zero-order valence-corrected chi connectivity index (χ0v) is 35.2. The molecule has 1 amide bonds. The highest BCUT2D eigenvalue weighted by atomic mass is 32.2.